The lowest BCUT2D eigenvalue weighted by Gasteiger charge is -2.26. The Balaban J connectivity index is 0.00000220. The van der Waals surface area contributed by atoms with Crippen molar-refractivity contribution in [3.05, 3.63) is 34.3 Å². The third-order valence-electron chi connectivity index (χ3n) is 3.48. The van der Waals surface area contributed by atoms with Crippen LogP contribution < -0.4 is 11.1 Å². The number of carbonyl (C=O) groups excluding carboxylic acids is 1. The number of rotatable bonds is 3. The standard InChI is InChI=1S/C13H17BrN2O3S.ClH/c1-13(15,9-2-4-10(14)5-3-9)12(17)16-11-6-7-20(18,19)8-11;/h2-5,11H,6-8,15H2,1H3,(H,16,17);1H. The summed E-state index contributed by atoms with van der Waals surface area (Å²) in [4.78, 5) is 12.3. The highest BCUT2D eigenvalue weighted by molar-refractivity contribution is 9.10. The molecule has 1 fully saturated rings. The van der Waals surface area contributed by atoms with E-state index in [2.05, 4.69) is 21.2 Å². The number of hydrogen-bond donors (Lipinski definition) is 2. The Kier molecular flexibility index (Phi) is 5.83. The first-order valence-corrected chi connectivity index (χ1v) is 8.88. The molecule has 0 aromatic heterocycles. The van der Waals surface area contributed by atoms with E-state index >= 15 is 0 Å². The Labute approximate surface area is 139 Å². The molecule has 2 unspecified atom stereocenters. The minimum Gasteiger partial charge on any atom is -0.350 e. The highest BCUT2D eigenvalue weighted by Gasteiger charge is 2.35. The Morgan fingerprint density at radius 2 is 1.95 bits per heavy atom. The highest BCUT2D eigenvalue weighted by atomic mass is 79.9. The van der Waals surface area contributed by atoms with Crippen LogP contribution in [-0.2, 0) is 20.2 Å². The normalized spacial score (nSPS) is 22.9. The molecule has 1 aromatic rings. The van der Waals surface area contributed by atoms with E-state index < -0.39 is 15.4 Å². The van der Waals surface area contributed by atoms with E-state index in [0.717, 1.165) is 4.47 Å². The lowest BCUT2D eigenvalue weighted by atomic mass is 9.92. The van der Waals surface area contributed by atoms with Gasteiger partial charge >= 0.3 is 0 Å². The minimum atomic E-state index is -3.02. The van der Waals surface area contributed by atoms with Crippen molar-refractivity contribution in [2.24, 2.45) is 5.73 Å². The Morgan fingerprint density at radius 1 is 1.38 bits per heavy atom. The molecule has 0 saturated carbocycles. The fourth-order valence-corrected chi connectivity index (χ4v) is 4.11. The fourth-order valence-electron chi connectivity index (χ4n) is 2.17. The van der Waals surface area contributed by atoms with Gasteiger partial charge in [-0.25, -0.2) is 8.42 Å². The van der Waals surface area contributed by atoms with Crippen LogP contribution in [0.1, 0.15) is 18.9 Å². The molecule has 118 valence electrons. The Hall–Kier alpha value is -0.630. The molecular formula is C13H18BrClN2O3S. The fraction of sp³-hybridized carbons (Fsp3) is 0.462. The smallest absolute Gasteiger partial charge is 0.244 e. The number of halogens is 2. The van der Waals surface area contributed by atoms with E-state index in [1.807, 2.05) is 12.1 Å². The molecule has 0 aliphatic carbocycles. The zero-order valence-electron chi connectivity index (χ0n) is 11.5. The van der Waals surface area contributed by atoms with E-state index in [0.29, 0.717) is 12.0 Å². The lowest BCUT2D eigenvalue weighted by Crippen LogP contribution is -2.52. The maximum Gasteiger partial charge on any atom is 0.244 e. The summed E-state index contributed by atoms with van der Waals surface area (Å²) in [5, 5.41) is 2.73. The van der Waals surface area contributed by atoms with Gasteiger partial charge in [-0.3, -0.25) is 4.79 Å². The van der Waals surface area contributed by atoms with Gasteiger partial charge in [0.2, 0.25) is 5.91 Å². The summed E-state index contributed by atoms with van der Waals surface area (Å²) in [6.45, 7) is 1.62. The van der Waals surface area contributed by atoms with Crippen molar-refractivity contribution < 1.29 is 13.2 Å². The summed E-state index contributed by atoms with van der Waals surface area (Å²) in [5.41, 5.74) is 5.59. The molecule has 3 N–H and O–H groups in total. The minimum absolute atomic E-state index is 0. The van der Waals surface area contributed by atoms with Crippen LogP contribution in [0.5, 0.6) is 0 Å². The van der Waals surface area contributed by atoms with Gasteiger partial charge in [0, 0.05) is 10.5 Å². The second kappa shape index (κ2) is 6.64. The highest BCUT2D eigenvalue weighted by Crippen LogP contribution is 2.21. The second-order valence-corrected chi connectivity index (χ2v) is 8.43. The van der Waals surface area contributed by atoms with Crippen LogP contribution in [-0.4, -0.2) is 31.9 Å². The van der Waals surface area contributed by atoms with E-state index in [1.54, 1.807) is 19.1 Å². The zero-order valence-corrected chi connectivity index (χ0v) is 14.7. The lowest BCUT2D eigenvalue weighted by molar-refractivity contribution is -0.126. The van der Waals surface area contributed by atoms with E-state index in [4.69, 9.17) is 5.73 Å². The van der Waals surface area contributed by atoms with Crippen LogP contribution >= 0.6 is 28.3 Å². The molecular weight excluding hydrogens is 380 g/mol. The average molecular weight is 398 g/mol. The van der Waals surface area contributed by atoms with Gasteiger partial charge in [0.1, 0.15) is 5.54 Å². The number of amides is 1. The van der Waals surface area contributed by atoms with E-state index in [1.165, 1.54) is 0 Å². The SMILES string of the molecule is CC(N)(C(=O)NC1CCS(=O)(=O)C1)c1ccc(Br)cc1.Cl. The van der Waals surface area contributed by atoms with Crippen molar-refractivity contribution >= 4 is 44.1 Å². The van der Waals surface area contributed by atoms with Gasteiger partial charge in [-0.1, -0.05) is 28.1 Å². The number of benzene rings is 1. The molecule has 1 aliphatic heterocycles. The van der Waals surface area contributed by atoms with Crippen LogP contribution in [0.15, 0.2) is 28.7 Å². The topological polar surface area (TPSA) is 89.3 Å². The molecule has 0 spiro atoms. The van der Waals surface area contributed by atoms with Gasteiger partial charge < -0.3 is 11.1 Å². The molecule has 1 amide bonds. The van der Waals surface area contributed by atoms with Crippen molar-refractivity contribution in [3.63, 3.8) is 0 Å². The first-order chi connectivity index (χ1) is 9.21. The molecule has 1 heterocycles. The summed E-state index contributed by atoms with van der Waals surface area (Å²) in [7, 11) is -3.02. The molecule has 8 heteroatoms. The largest absolute Gasteiger partial charge is 0.350 e. The van der Waals surface area contributed by atoms with Crippen LogP contribution in [0.3, 0.4) is 0 Å². The first-order valence-electron chi connectivity index (χ1n) is 6.27. The van der Waals surface area contributed by atoms with Crippen molar-refractivity contribution in [1.82, 2.24) is 5.32 Å². The summed E-state index contributed by atoms with van der Waals surface area (Å²) in [6, 6.07) is 6.83. The summed E-state index contributed by atoms with van der Waals surface area (Å²) in [5.74, 6) is -0.242. The van der Waals surface area contributed by atoms with Crippen LogP contribution in [0.2, 0.25) is 0 Å². The molecule has 2 atom stereocenters. The summed E-state index contributed by atoms with van der Waals surface area (Å²) < 4.78 is 23.7. The van der Waals surface area contributed by atoms with E-state index in [9.17, 15) is 13.2 Å². The molecule has 1 aromatic carbocycles. The predicted molar refractivity (Wildman–Crippen MR) is 88.1 cm³/mol. The van der Waals surface area contributed by atoms with Crippen LogP contribution in [0.25, 0.3) is 0 Å². The molecule has 5 nitrogen and oxygen atoms in total. The maximum absolute atomic E-state index is 12.3. The number of nitrogens with one attached hydrogen (secondary N) is 1. The predicted octanol–water partition coefficient (Wildman–Crippen LogP) is 1.35. The van der Waals surface area contributed by atoms with Crippen LogP contribution in [0.4, 0.5) is 0 Å². The van der Waals surface area contributed by atoms with Gasteiger partial charge in [-0.05, 0) is 31.0 Å². The van der Waals surface area contributed by atoms with Gasteiger partial charge in [0.15, 0.2) is 9.84 Å². The molecule has 0 bridgehead atoms. The third kappa shape index (κ3) is 4.42. The van der Waals surface area contributed by atoms with Crippen molar-refractivity contribution in [1.29, 1.82) is 0 Å². The van der Waals surface area contributed by atoms with Crippen LogP contribution in [0, 0.1) is 0 Å². The zero-order chi connectivity index (χ0) is 15.0. The maximum atomic E-state index is 12.3. The average Bonchev–Trinajstić information content (AvgIpc) is 2.69. The van der Waals surface area contributed by atoms with Gasteiger partial charge in [-0.15, -0.1) is 12.4 Å². The third-order valence-corrected chi connectivity index (χ3v) is 5.78. The summed E-state index contributed by atoms with van der Waals surface area (Å²) >= 11 is 3.32. The quantitative estimate of drug-likeness (QED) is 0.805. The van der Waals surface area contributed by atoms with E-state index in [-0.39, 0.29) is 35.9 Å². The van der Waals surface area contributed by atoms with Crippen molar-refractivity contribution in [2.75, 3.05) is 11.5 Å². The molecule has 21 heavy (non-hydrogen) atoms. The molecule has 0 radical (unpaired) electrons. The first kappa shape index (κ1) is 18.4. The molecule has 1 aliphatic rings. The number of sulfone groups is 1. The second-order valence-electron chi connectivity index (χ2n) is 5.28. The van der Waals surface area contributed by atoms with Gasteiger partial charge in [0.25, 0.3) is 0 Å². The van der Waals surface area contributed by atoms with Gasteiger partial charge in [-0.2, -0.15) is 0 Å². The van der Waals surface area contributed by atoms with Crippen molar-refractivity contribution in [3.8, 4) is 0 Å². The molecule has 1 saturated heterocycles. The molecule has 2 rings (SSSR count). The number of carbonyl (C=O) groups is 1. The monoisotopic (exact) mass is 396 g/mol. The summed E-state index contributed by atoms with van der Waals surface area (Å²) in [6.07, 6.45) is 0.449. The number of nitrogens with two attached hydrogens (primary N) is 1. The number of hydrogen-bond acceptors (Lipinski definition) is 4. The Morgan fingerprint density at radius 3 is 2.43 bits per heavy atom. The Bertz CT molecular complexity index is 617. The van der Waals surface area contributed by atoms with Crippen molar-refractivity contribution in [2.45, 2.75) is 24.9 Å². The van der Waals surface area contributed by atoms with Gasteiger partial charge in [0.05, 0.1) is 11.5 Å².